The van der Waals surface area contributed by atoms with Crippen LogP contribution in [0, 0.1) is 0 Å². The van der Waals surface area contributed by atoms with Crippen LogP contribution in [-0.4, -0.2) is 16.4 Å². The summed E-state index contributed by atoms with van der Waals surface area (Å²) in [4.78, 5) is 16.3. The zero-order valence-electron chi connectivity index (χ0n) is 13.4. The number of amides is 1. The quantitative estimate of drug-likeness (QED) is 0.645. The van der Waals surface area contributed by atoms with Gasteiger partial charge in [0.05, 0.1) is 11.3 Å². The molecule has 0 atom stereocenters. The molecule has 1 aromatic heterocycles. The summed E-state index contributed by atoms with van der Waals surface area (Å²) in [7, 11) is 0. The lowest BCUT2D eigenvalue weighted by atomic mass is 10.0. The molecule has 0 aliphatic heterocycles. The van der Waals surface area contributed by atoms with Crippen LogP contribution in [0.4, 0.5) is 0 Å². The van der Waals surface area contributed by atoms with E-state index >= 15 is 0 Å². The van der Waals surface area contributed by atoms with Gasteiger partial charge in [0, 0.05) is 20.9 Å². The summed E-state index contributed by atoms with van der Waals surface area (Å²) in [5.41, 5.74) is 3.19. The number of hydrogen-bond donors (Lipinski definition) is 2. The van der Waals surface area contributed by atoms with Crippen LogP contribution in [0.25, 0.3) is 22.2 Å². The standard InChI is InChI=1S/C19H19BrN2O/c1-19(2,3)22-18(23)16-14-11-13(20)9-10-15(14)21-17(16)12-7-5-4-6-8-12/h4-11,21H,1-3H3,(H,22,23). The molecule has 1 heterocycles. The number of H-pyrrole nitrogens is 1. The van der Waals surface area contributed by atoms with E-state index in [-0.39, 0.29) is 11.4 Å². The summed E-state index contributed by atoms with van der Waals surface area (Å²) in [6, 6.07) is 15.9. The molecule has 1 amide bonds. The van der Waals surface area contributed by atoms with Gasteiger partial charge < -0.3 is 10.3 Å². The molecule has 0 fully saturated rings. The van der Waals surface area contributed by atoms with Gasteiger partial charge >= 0.3 is 0 Å². The molecule has 0 aliphatic rings. The zero-order chi connectivity index (χ0) is 16.6. The molecule has 118 valence electrons. The van der Waals surface area contributed by atoms with Gasteiger partial charge in [-0.05, 0) is 44.5 Å². The number of fused-ring (bicyclic) bond motifs is 1. The van der Waals surface area contributed by atoms with Gasteiger partial charge in [-0.2, -0.15) is 0 Å². The van der Waals surface area contributed by atoms with Crippen LogP contribution < -0.4 is 5.32 Å². The lowest BCUT2D eigenvalue weighted by molar-refractivity contribution is 0.0922. The lowest BCUT2D eigenvalue weighted by Gasteiger charge is -2.20. The van der Waals surface area contributed by atoms with E-state index in [4.69, 9.17) is 0 Å². The summed E-state index contributed by atoms with van der Waals surface area (Å²) in [5, 5.41) is 3.99. The van der Waals surface area contributed by atoms with Gasteiger partial charge in [-0.3, -0.25) is 4.79 Å². The minimum absolute atomic E-state index is 0.0688. The largest absolute Gasteiger partial charge is 0.354 e. The lowest BCUT2D eigenvalue weighted by Crippen LogP contribution is -2.40. The summed E-state index contributed by atoms with van der Waals surface area (Å²) >= 11 is 3.50. The molecule has 4 heteroatoms. The summed E-state index contributed by atoms with van der Waals surface area (Å²) in [5.74, 6) is -0.0688. The van der Waals surface area contributed by atoms with Crippen molar-refractivity contribution in [2.45, 2.75) is 26.3 Å². The average molecular weight is 371 g/mol. The first kappa shape index (κ1) is 15.8. The van der Waals surface area contributed by atoms with Crippen molar-refractivity contribution >= 4 is 32.7 Å². The molecule has 0 bridgehead atoms. The second kappa shape index (κ2) is 5.85. The average Bonchev–Trinajstić information content (AvgIpc) is 2.85. The first-order chi connectivity index (χ1) is 10.8. The van der Waals surface area contributed by atoms with Crippen LogP contribution in [0.2, 0.25) is 0 Å². The van der Waals surface area contributed by atoms with Crippen LogP contribution in [0.3, 0.4) is 0 Å². The van der Waals surface area contributed by atoms with E-state index in [2.05, 4.69) is 26.2 Å². The number of halogens is 1. The van der Waals surface area contributed by atoms with E-state index in [1.807, 2.05) is 69.3 Å². The molecule has 0 aliphatic carbocycles. The number of hydrogen-bond acceptors (Lipinski definition) is 1. The molecule has 0 saturated carbocycles. The molecule has 2 N–H and O–H groups in total. The number of carbonyl (C=O) groups excluding carboxylic acids is 1. The van der Waals surface area contributed by atoms with Crippen LogP contribution >= 0.6 is 15.9 Å². The highest BCUT2D eigenvalue weighted by Crippen LogP contribution is 2.32. The highest BCUT2D eigenvalue weighted by Gasteiger charge is 2.23. The van der Waals surface area contributed by atoms with Gasteiger partial charge in [-0.1, -0.05) is 46.3 Å². The van der Waals surface area contributed by atoms with Crippen molar-refractivity contribution in [2.24, 2.45) is 0 Å². The first-order valence-electron chi connectivity index (χ1n) is 7.54. The number of aromatic amines is 1. The maximum absolute atomic E-state index is 12.9. The molecular formula is C19H19BrN2O. The normalized spacial score (nSPS) is 11.7. The Balaban J connectivity index is 2.23. The Morgan fingerprint density at radius 2 is 1.78 bits per heavy atom. The number of nitrogens with one attached hydrogen (secondary N) is 2. The number of benzene rings is 2. The number of carbonyl (C=O) groups is 1. The molecule has 3 aromatic rings. The minimum atomic E-state index is -0.291. The van der Waals surface area contributed by atoms with Gasteiger partial charge in [-0.15, -0.1) is 0 Å². The number of rotatable bonds is 2. The van der Waals surface area contributed by atoms with E-state index in [1.165, 1.54) is 0 Å². The van der Waals surface area contributed by atoms with Crippen molar-refractivity contribution in [1.29, 1.82) is 0 Å². The third kappa shape index (κ3) is 3.32. The van der Waals surface area contributed by atoms with Crippen molar-refractivity contribution in [1.82, 2.24) is 10.3 Å². The Kier molecular flexibility index (Phi) is 4.02. The van der Waals surface area contributed by atoms with E-state index in [1.54, 1.807) is 0 Å². The van der Waals surface area contributed by atoms with Crippen LogP contribution in [0.15, 0.2) is 53.0 Å². The SMILES string of the molecule is CC(C)(C)NC(=O)c1c(-c2ccccc2)[nH]c2ccc(Br)cc12. The molecule has 23 heavy (non-hydrogen) atoms. The second-order valence-electron chi connectivity index (χ2n) is 6.64. The van der Waals surface area contributed by atoms with Crippen molar-refractivity contribution in [3.8, 4) is 11.3 Å². The van der Waals surface area contributed by atoms with E-state index in [0.29, 0.717) is 5.56 Å². The fourth-order valence-corrected chi connectivity index (χ4v) is 2.99. The van der Waals surface area contributed by atoms with E-state index in [0.717, 1.165) is 26.6 Å². The maximum atomic E-state index is 12.9. The fourth-order valence-electron chi connectivity index (χ4n) is 2.62. The monoisotopic (exact) mass is 370 g/mol. The first-order valence-corrected chi connectivity index (χ1v) is 8.33. The molecule has 0 radical (unpaired) electrons. The van der Waals surface area contributed by atoms with E-state index < -0.39 is 0 Å². The molecule has 0 saturated heterocycles. The predicted molar refractivity (Wildman–Crippen MR) is 98.7 cm³/mol. The smallest absolute Gasteiger partial charge is 0.254 e. The predicted octanol–water partition coefficient (Wildman–Crippen LogP) is 5.13. The van der Waals surface area contributed by atoms with E-state index in [9.17, 15) is 4.79 Å². The third-order valence-electron chi connectivity index (χ3n) is 3.54. The van der Waals surface area contributed by atoms with Gasteiger partial charge in [0.2, 0.25) is 0 Å². The van der Waals surface area contributed by atoms with Crippen LogP contribution in [-0.2, 0) is 0 Å². The Labute approximate surface area is 144 Å². The maximum Gasteiger partial charge on any atom is 0.254 e. The summed E-state index contributed by atoms with van der Waals surface area (Å²) < 4.78 is 0.952. The second-order valence-corrected chi connectivity index (χ2v) is 7.55. The summed E-state index contributed by atoms with van der Waals surface area (Å²) in [6.45, 7) is 5.95. The van der Waals surface area contributed by atoms with Crippen molar-refractivity contribution < 1.29 is 4.79 Å². The zero-order valence-corrected chi connectivity index (χ0v) is 15.0. The highest BCUT2D eigenvalue weighted by molar-refractivity contribution is 9.10. The molecule has 3 rings (SSSR count). The van der Waals surface area contributed by atoms with Crippen LogP contribution in [0.1, 0.15) is 31.1 Å². The van der Waals surface area contributed by atoms with Gasteiger partial charge in [0.1, 0.15) is 0 Å². The fraction of sp³-hybridized carbons (Fsp3) is 0.211. The molecule has 0 spiro atoms. The van der Waals surface area contributed by atoms with Crippen molar-refractivity contribution in [3.05, 3.63) is 58.6 Å². The Hall–Kier alpha value is -2.07. The van der Waals surface area contributed by atoms with Crippen molar-refractivity contribution in [3.63, 3.8) is 0 Å². The highest BCUT2D eigenvalue weighted by atomic mass is 79.9. The molecular weight excluding hydrogens is 352 g/mol. The van der Waals surface area contributed by atoms with Crippen molar-refractivity contribution in [2.75, 3.05) is 0 Å². The third-order valence-corrected chi connectivity index (χ3v) is 4.03. The molecule has 2 aromatic carbocycles. The van der Waals surface area contributed by atoms with Gasteiger partial charge in [0.15, 0.2) is 0 Å². The van der Waals surface area contributed by atoms with Gasteiger partial charge in [-0.25, -0.2) is 0 Å². The molecule has 0 unspecified atom stereocenters. The Morgan fingerprint density at radius 3 is 2.43 bits per heavy atom. The van der Waals surface area contributed by atoms with Gasteiger partial charge in [0.25, 0.3) is 5.91 Å². The molecule has 3 nitrogen and oxygen atoms in total. The minimum Gasteiger partial charge on any atom is -0.354 e. The topological polar surface area (TPSA) is 44.9 Å². The Bertz CT molecular complexity index is 860. The number of aromatic nitrogens is 1. The van der Waals surface area contributed by atoms with Crippen LogP contribution in [0.5, 0.6) is 0 Å². The Morgan fingerprint density at radius 1 is 1.09 bits per heavy atom. The summed E-state index contributed by atoms with van der Waals surface area (Å²) in [6.07, 6.45) is 0.